The minimum atomic E-state index is -5.08. The Hall–Kier alpha value is -1.61. The molecule has 0 aromatic heterocycles. The van der Waals surface area contributed by atoms with Crippen LogP contribution in [0.4, 0.5) is 13.2 Å². The first-order chi connectivity index (χ1) is 9.66. The van der Waals surface area contributed by atoms with Crippen LogP contribution in [0.15, 0.2) is 11.6 Å². The van der Waals surface area contributed by atoms with Crippen molar-refractivity contribution < 1.29 is 32.7 Å². The molecule has 0 aromatic rings. The summed E-state index contributed by atoms with van der Waals surface area (Å²) in [6, 6.07) is 0. The highest BCUT2D eigenvalue weighted by atomic mass is 19.4. The van der Waals surface area contributed by atoms with Gasteiger partial charge in [0.15, 0.2) is 0 Å². The molecule has 2 aliphatic rings. The largest absolute Gasteiger partial charge is 0.490 e. The summed E-state index contributed by atoms with van der Waals surface area (Å²) in [5, 5.41) is 11.7. The van der Waals surface area contributed by atoms with Gasteiger partial charge in [-0.15, -0.1) is 0 Å². The van der Waals surface area contributed by atoms with Gasteiger partial charge in [0.25, 0.3) is 5.91 Å². The van der Waals surface area contributed by atoms with Crippen molar-refractivity contribution in [3.63, 3.8) is 0 Å². The number of halogens is 3. The molecular formula is C12H17F3N2O4. The van der Waals surface area contributed by atoms with Crippen molar-refractivity contribution in [3.05, 3.63) is 11.6 Å². The van der Waals surface area contributed by atoms with Crippen molar-refractivity contribution in [1.82, 2.24) is 10.4 Å². The SMILES string of the molecule is CON(C)C(=O)C1=CC2CNCC2C1.O=C(O)C(F)(F)F. The van der Waals surface area contributed by atoms with E-state index in [2.05, 4.69) is 11.4 Å². The summed E-state index contributed by atoms with van der Waals surface area (Å²) in [5.74, 6) is -1.58. The first-order valence-electron chi connectivity index (χ1n) is 6.20. The number of carbonyl (C=O) groups excluding carboxylic acids is 1. The van der Waals surface area contributed by atoms with Gasteiger partial charge in [0, 0.05) is 19.2 Å². The van der Waals surface area contributed by atoms with Gasteiger partial charge in [-0.25, -0.2) is 9.86 Å². The van der Waals surface area contributed by atoms with Crippen molar-refractivity contribution in [2.75, 3.05) is 27.2 Å². The average molecular weight is 310 g/mol. The van der Waals surface area contributed by atoms with E-state index in [9.17, 15) is 18.0 Å². The van der Waals surface area contributed by atoms with Gasteiger partial charge in [0.05, 0.1) is 7.11 Å². The van der Waals surface area contributed by atoms with Crippen LogP contribution in [0.3, 0.4) is 0 Å². The van der Waals surface area contributed by atoms with Crippen LogP contribution in [0, 0.1) is 11.8 Å². The van der Waals surface area contributed by atoms with Gasteiger partial charge in [0.1, 0.15) is 0 Å². The Morgan fingerprint density at radius 3 is 2.43 bits per heavy atom. The molecule has 21 heavy (non-hydrogen) atoms. The average Bonchev–Trinajstić information content (AvgIpc) is 2.97. The summed E-state index contributed by atoms with van der Waals surface area (Å²) < 4.78 is 31.7. The third-order valence-corrected chi connectivity index (χ3v) is 3.37. The van der Waals surface area contributed by atoms with Gasteiger partial charge in [-0.1, -0.05) is 6.08 Å². The van der Waals surface area contributed by atoms with Crippen LogP contribution in [0.2, 0.25) is 0 Å². The van der Waals surface area contributed by atoms with Crippen LogP contribution in [0.25, 0.3) is 0 Å². The smallest absolute Gasteiger partial charge is 0.475 e. The number of nitrogens with one attached hydrogen (secondary N) is 1. The zero-order valence-electron chi connectivity index (χ0n) is 11.6. The van der Waals surface area contributed by atoms with Gasteiger partial charge >= 0.3 is 12.1 Å². The van der Waals surface area contributed by atoms with Crippen LogP contribution in [0.5, 0.6) is 0 Å². The second-order valence-electron chi connectivity index (χ2n) is 4.77. The number of carboxylic acids is 1. The zero-order chi connectivity index (χ0) is 16.2. The maximum absolute atomic E-state index is 11.7. The van der Waals surface area contributed by atoms with Crippen molar-refractivity contribution >= 4 is 11.9 Å². The Morgan fingerprint density at radius 2 is 2.00 bits per heavy atom. The number of rotatable bonds is 2. The molecule has 0 saturated carbocycles. The van der Waals surface area contributed by atoms with E-state index in [1.807, 2.05) is 0 Å². The highest BCUT2D eigenvalue weighted by molar-refractivity contribution is 5.93. The maximum atomic E-state index is 11.7. The van der Waals surface area contributed by atoms with Crippen LogP contribution in [-0.4, -0.2) is 55.5 Å². The number of alkyl halides is 3. The molecule has 0 bridgehead atoms. The monoisotopic (exact) mass is 310 g/mol. The van der Waals surface area contributed by atoms with E-state index >= 15 is 0 Å². The number of hydrogen-bond donors (Lipinski definition) is 2. The van der Waals surface area contributed by atoms with E-state index in [1.165, 1.54) is 12.2 Å². The summed E-state index contributed by atoms with van der Waals surface area (Å²) in [5.41, 5.74) is 0.908. The van der Waals surface area contributed by atoms with E-state index < -0.39 is 12.1 Å². The third-order valence-electron chi connectivity index (χ3n) is 3.37. The van der Waals surface area contributed by atoms with Crippen LogP contribution in [0.1, 0.15) is 6.42 Å². The van der Waals surface area contributed by atoms with Crippen LogP contribution >= 0.6 is 0 Å². The minimum Gasteiger partial charge on any atom is -0.475 e. The topological polar surface area (TPSA) is 78.9 Å². The normalized spacial score (nSPS) is 23.8. The molecule has 2 N–H and O–H groups in total. The first kappa shape index (κ1) is 17.4. The van der Waals surface area contributed by atoms with Gasteiger partial charge in [-0.05, 0) is 24.8 Å². The Kier molecular flexibility index (Phi) is 5.73. The van der Waals surface area contributed by atoms with Gasteiger partial charge in [0.2, 0.25) is 0 Å². The molecule has 1 heterocycles. The van der Waals surface area contributed by atoms with Crippen LogP contribution in [-0.2, 0) is 14.4 Å². The van der Waals surface area contributed by atoms with Gasteiger partial charge < -0.3 is 10.4 Å². The lowest BCUT2D eigenvalue weighted by Gasteiger charge is -2.14. The van der Waals surface area contributed by atoms with E-state index in [-0.39, 0.29) is 5.91 Å². The summed E-state index contributed by atoms with van der Waals surface area (Å²) in [6.07, 6.45) is -2.09. The highest BCUT2D eigenvalue weighted by Crippen LogP contribution is 2.33. The second-order valence-corrected chi connectivity index (χ2v) is 4.77. The molecule has 2 rings (SSSR count). The number of hydrogen-bond acceptors (Lipinski definition) is 4. The summed E-state index contributed by atoms with van der Waals surface area (Å²) >= 11 is 0. The molecule has 1 fully saturated rings. The molecule has 1 saturated heterocycles. The molecule has 0 aromatic carbocycles. The van der Waals surface area contributed by atoms with E-state index in [1.54, 1.807) is 7.05 Å². The lowest BCUT2D eigenvalue weighted by atomic mass is 10.00. The van der Waals surface area contributed by atoms with Crippen molar-refractivity contribution in [3.8, 4) is 0 Å². The summed E-state index contributed by atoms with van der Waals surface area (Å²) in [6.45, 7) is 2.05. The molecule has 2 unspecified atom stereocenters. The van der Waals surface area contributed by atoms with E-state index in [4.69, 9.17) is 14.7 Å². The third kappa shape index (κ3) is 4.71. The van der Waals surface area contributed by atoms with E-state index in [0.717, 1.165) is 25.1 Å². The van der Waals surface area contributed by atoms with Crippen molar-refractivity contribution in [2.45, 2.75) is 12.6 Å². The molecule has 1 aliphatic carbocycles. The molecule has 2 atom stereocenters. The predicted molar refractivity (Wildman–Crippen MR) is 66.0 cm³/mol. The molecule has 0 radical (unpaired) electrons. The Labute approximate surface area is 119 Å². The number of likely N-dealkylation sites (N-methyl/N-ethyl adjacent to an activating group) is 1. The number of hydroxylamine groups is 2. The Balaban J connectivity index is 0.000000270. The lowest BCUT2D eigenvalue weighted by molar-refractivity contribution is -0.192. The molecule has 1 amide bonds. The highest BCUT2D eigenvalue weighted by Gasteiger charge is 2.38. The number of amides is 1. The van der Waals surface area contributed by atoms with Gasteiger partial charge in [-0.2, -0.15) is 13.2 Å². The molecule has 6 nitrogen and oxygen atoms in total. The van der Waals surface area contributed by atoms with E-state index in [0.29, 0.717) is 11.8 Å². The fourth-order valence-electron chi connectivity index (χ4n) is 2.22. The summed E-state index contributed by atoms with van der Waals surface area (Å²) in [7, 11) is 3.16. The molecule has 9 heteroatoms. The number of fused-ring (bicyclic) bond motifs is 1. The molecule has 0 spiro atoms. The minimum absolute atomic E-state index is 0.00176. The fraction of sp³-hybridized carbons (Fsp3) is 0.667. The number of carbonyl (C=O) groups is 2. The number of carboxylic acid groups (broad SMARTS) is 1. The Bertz CT molecular complexity index is 437. The van der Waals surface area contributed by atoms with Crippen molar-refractivity contribution in [2.24, 2.45) is 11.8 Å². The fourth-order valence-corrected chi connectivity index (χ4v) is 2.22. The number of aliphatic carboxylic acids is 1. The Morgan fingerprint density at radius 1 is 1.43 bits per heavy atom. The van der Waals surface area contributed by atoms with Gasteiger partial charge in [-0.3, -0.25) is 9.63 Å². The number of nitrogens with zero attached hydrogens (tertiary/aromatic N) is 1. The molecule has 120 valence electrons. The quantitative estimate of drug-likeness (QED) is 0.738. The van der Waals surface area contributed by atoms with Crippen LogP contribution < -0.4 is 5.32 Å². The first-order valence-corrected chi connectivity index (χ1v) is 6.20. The van der Waals surface area contributed by atoms with Crippen molar-refractivity contribution in [1.29, 1.82) is 0 Å². The molecular weight excluding hydrogens is 293 g/mol. The maximum Gasteiger partial charge on any atom is 0.490 e. The second kappa shape index (κ2) is 6.90. The lowest BCUT2D eigenvalue weighted by Crippen LogP contribution is -2.27. The summed E-state index contributed by atoms with van der Waals surface area (Å²) in [4.78, 5) is 25.5. The predicted octanol–water partition coefficient (Wildman–Crippen LogP) is 0.805. The standard InChI is InChI=1S/C10H16N2O2.C2HF3O2/c1-12(14-2)10(13)7-3-8-5-11-6-9(8)4-7;3-2(4,5)1(6)7/h3,8-9,11H,4-6H2,1-2H3;(H,6,7). The molecule has 1 aliphatic heterocycles. The zero-order valence-corrected chi connectivity index (χ0v) is 11.6.